The number of nitrogens with zero attached hydrogens (tertiary/aromatic N) is 5. The number of anilines is 1. The first kappa shape index (κ1) is 21.7. The molecule has 0 atom stereocenters. The van der Waals surface area contributed by atoms with Crippen molar-refractivity contribution < 1.29 is 4.79 Å². The molecule has 0 spiro atoms. The van der Waals surface area contributed by atoms with E-state index in [-0.39, 0.29) is 11.6 Å². The van der Waals surface area contributed by atoms with Gasteiger partial charge in [-0.05, 0) is 35.9 Å². The lowest BCUT2D eigenvalue weighted by molar-refractivity contribution is 0.102. The van der Waals surface area contributed by atoms with Gasteiger partial charge in [-0.2, -0.15) is 0 Å². The zero-order valence-corrected chi connectivity index (χ0v) is 19.8. The Bertz CT molecular complexity index is 1530. The minimum atomic E-state index is -0.312. The van der Waals surface area contributed by atoms with Crippen LogP contribution in [0.15, 0.2) is 67.0 Å². The quantitative estimate of drug-likeness (QED) is 0.392. The van der Waals surface area contributed by atoms with Crippen LogP contribution in [0.2, 0.25) is 0 Å². The molecule has 3 aromatic heterocycles. The second-order valence-corrected chi connectivity index (χ2v) is 9.43. The van der Waals surface area contributed by atoms with E-state index in [1.54, 1.807) is 0 Å². The van der Waals surface area contributed by atoms with Gasteiger partial charge in [-0.3, -0.25) is 14.7 Å². The van der Waals surface area contributed by atoms with E-state index < -0.39 is 0 Å². The van der Waals surface area contributed by atoms with Crippen LogP contribution in [0.1, 0.15) is 16.1 Å². The molecule has 5 aromatic rings. The van der Waals surface area contributed by atoms with Gasteiger partial charge in [-0.15, -0.1) is 0 Å². The summed E-state index contributed by atoms with van der Waals surface area (Å²) in [4.78, 5) is 34.6. The summed E-state index contributed by atoms with van der Waals surface area (Å²) in [5.74, 6) is -0.312. The number of hydrogen-bond donors (Lipinski definition) is 2. The van der Waals surface area contributed by atoms with Gasteiger partial charge in [0, 0.05) is 44.5 Å². The van der Waals surface area contributed by atoms with E-state index in [4.69, 9.17) is 4.98 Å². The molecule has 4 heterocycles. The number of thiazole rings is 1. The Balaban J connectivity index is 1.26. The van der Waals surface area contributed by atoms with Gasteiger partial charge in [0.15, 0.2) is 0 Å². The van der Waals surface area contributed by atoms with Gasteiger partial charge in [-0.1, -0.05) is 35.6 Å². The molecule has 1 aliphatic heterocycles. The zero-order valence-electron chi connectivity index (χ0n) is 18.9. The number of aromatic nitrogens is 4. The number of hydrogen-bond acceptors (Lipinski definition) is 8. The summed E-state index contributed by atoms with van der Waals surface area (Å²) in [6.07, 6.45) is 3.44. The molecule has 1 fully saturated rings. The summed E-state index contributed by atoms with van der Waals surface area (Å²) < 4.78 is 0. The van der Waals surface area contributed by atoms with E-state index in [1.807, 2.05) is 54.7 Å². The number of rotatable bonds is 5. The predicted molar refractivity (Wildman–Crippen MR) is 138 cm³/mol. The van der Waals surface area contributed by atoms with Crippen molar-refractivity contribution in [1.82, 2.24) is 30.2 Å². The van der Waals surface area contributed by atoms with E-state index in [1.165, 1.54) is 17.5 Å². The lowest BCUT2D eigenvalue weighted by Gasteiger charge is -2.26. The van der Waals surface area contributed by atoms with Crippen LogP contribution in [0.5, 0.6) is 0 Å². The van der Waals surface area contributed by atoms with E-state index in [0.29, 0.717) is 11.2 Å². The molecular weight excluding hydrogens is 458 g/mol. The number of fused-ring (bicyclic) bond motifs is 2. The molecule has 2 aromatic carbocycles. The highest BCUT2D eigenvalue weighted by Crippen LogP contribution is 2.34. The molecule has 0 saturated carbocycles. The lowest BCUT2D eigenvalue weighted by Crippen LogP contribution is -2.42. The lowest BCUT2D eigenvalue weighted by atomic mass is 10.2. The largest absolute Gasteiger partial charge is 0.320 e. The number of amides is 1. The molecule has 1 aliphatic rings. The number of nitrogens with one attached hydrogen (secondary N) is 2. The van der Waals surface area contributed by atoms with Crippen LogP contribution >= 0.6 is 11.3 Å². The number of piperazine rings is 1. The summed E-state index contributed by atoms with van der Waals surface area (Å²) in [5.41, 5.74) is 5.26. The maximum Gasteiger partial charge on any atom is 0.275 e. The Hall–Kier alpha value is -3.79. The van der Waals surface area contributed by atoms with Gasteiger partial charge in [0.2, 0.25) is 0 Å². The third kappa shape index (κ3) is 4.61. The molecule has 0 bridgehead atoms. The highest BCUT2D eigenvalue weighted by Gasteiger charge is 2.16. The van der Waals surface area contributed by atoms with E-state index in [0.717, 1.165) is 64.7 Å². The predicted octanol–water partition coefficient (Wildman–Crippen LogP) is 3.96. The minimum absolute atomic E-state index is 0.266. The Morgan fingerprint density at radius 1 is 0.943 bits per heavy atom. The molecule has 35 heavy (non-hydrogen) atoms. The molecule has 2 N–H and O–H groups in total. The number of carbonyl (C=O) groups excluding carboxylic acids is 1. The number of benzene rings is 2. The summed E-state index contributed by atoms with van der Waals surface area (Å²) in [6.45, 7) is 4.98. The first-order chi connectivity index (χ1) is 17.2. The van der Waals surface area contributed by atoms with Crippen molar-refractivity contribution in [3.05, 3.63) is 78.2 Å². The molecule has 0 aliphatic carbocycles. The molecule has 0 radical (unpaired) electrons. The van der Waals surface area contributed by atoms with Gasteiger partial charge in [0.1, 0.15) is 21.0 Å². The van der Waals surface area contributed by atoms with Crippen molar-refractivity contribution in [2.24, 2.45) is 0 Å². The summed E-state index contributed by atoms with van der Waals surface area (Å²) in [6, 6.07) is 17.3. The Labute approximate surface area is 206 Å². The Kier molecular flexibility index (Phi) is 5.87. The molecule has 1 amide bonds. The fraction of sp³-hybridized carbons (Fsp3) is 0.192. The second-order valence-electron chi connectivity index (χ2n) is 8.46. The van der Waals surface area contributed by atoms with Crippen LogP contribution in [-0.2, 0) is 6.54 Å². The van der Waals surface area contributed by atoms with E-state index in [2.05, 4.69) is 36.6 Å². The molecule has 6 rings (SSSR count). The van der Waals surface area contributed by atoms with Crippen LogP contribution < -0.4 is 10.6 Å². The van der Waals surface area contributed by atoms with E-state index in [9.17, 15) is 4.79 Å². The van der Waals surface area contributed by atoms with Crippen LogP contribution in [0.25, 0.3) is 32.0 Å². The zero-order chi connectivity index (χ0) is 23.6. The standard InChI is InChI=1S/C26H23N7OS/c34-24(23-15-28-20-7-3-4-8-21(20)30-23)31-19-6-2-1-5-18(19)25-32-22-13-17(14-29-26(22)35-25)16-33-11-9-27-10-12-33/h1-8,13-15,27H,9-12,16H2,(H,31,34). The van der Waals surface area contributed by atoms with Crippen molar-refractivity contribution in [2.75, 3.05) is 31.5 Å². The fourth-order valence-electron chi connectivity index (χ4n) is 4.23. The third-order valence-corrected chi connectivity index (χ3v) is 7.02. The van der Waals surface area contributed by atoms with E-state index >= 15 is 0 Å². The van der Waals surface area contributed by atoms with Crippen molar-refractivity contribution in [2.45, 2.75) is 6.54 Å². The Morgan fingerprint density at radius 2 is 1.74 bits per heavy atom. The summed E-state index contributed by atoms with van der Waals surface area (Å²) in [5, 5.41) is 7.19. The van der Waals surface area contributed by atoms with Crippen molar-refractivity contribution in [3.63, 3.8) is 0 Å². The first-order valence-electron chi connectivity index (χ1n) is 11.5. The monoisotopic (exact) mass is 481 g/mol. The molecule has 8 nitrogen and oxygen atoms in total. The minimum Gasteiger partial charge on any atom is -0.320 e. The van der Waals surface area contributed by atoms with Crippen LogP contribution in [0.3, 0.4) is 0 Å². The second kappa shape index (κ2) is 9.46. The smallest absolute Gasteiger partial charge is 0.275 e. The topological polar surface area (TPSA) is 95.9 Å². The number of para-hydroxylation sites is 3. The van der Waals surface area contributed by atoms with Crippen LogP contribution in [0, 0.1) is 0 Å². The summed E-state index contributed by atoms with van der Waals surface area (Å²) >= 11 is 1.52. The van der Waals surface area contributed by atoms with Gasteiger partial charge in [0.25, 0.3) is 5.91 Å². The Morgan fingerprint density at radius 3 is 2.63 bits per heavy atom. The van der Waals surface area contributed by atoms with Crippen LogP contribution in [-0.4, -0.2) is 56.9 Å². The van der Waals surface area contributed by atoms with Gasteiger partial charge in [0.05, 0.1) is 22.9 Å². The molecular formula is C26H23N7OS. The number of carbonyl (C=O) groups is 1. The van der Waals surface area contributed by atoms with Gasteiger partial charge >= 0.3 is 0 Å². The highest BCUT2D eigenvalue weighted by atomic mass is 32.1. The summed E-state index contributed by atoms with van der Waals surface area (Å²) in [7, 11) is 0. The van der Waals surface area contributed by atoms with Crippen molar-refractivity contribution in [1.29, 1.82) is 0 Å². The highest BCUT2D eigenvalue weighted by molar-refractivity contribution is 7.21. The number of pyridine rings is 1. The maximum atomic E-state index is 13.0. The van der Waals surface area contributed by atoms with Crippen molar-refractivity contribution in [3.8, 4) is 10.6 Å². The third-order valence-electron chi connectivity index (χ3n) is 6.01. The van der Waals surface area contributed by atoms with Crippen molar-refractivity contribution >= 4 is 44.3 Å². The molecule has 0 unspecified atom stereocenters. The van der Waals surface area contributed by atoms with Gasteiger partial charge in [-0.25, -0.2) is 15.0 Å². The molecule has 174 valence electrons. The fourth-order valence-corrected chi connectivity index (χ4v) is 5.16. The van der Waals surface area contributed by atoms with Gasteiger partial charge < -0.3 is 10.6 Å². The SMILES string of the molecule is O=C(Nc1ccccc1-c1nc2cc(CN3CCNCC3)cnc2s1)c1cnc2ccccc2n1. The average molecular weight is 482 g/mol. The van der Waals surface area contributed by atoms with Crippen LogP contribution in [0.4, 0.5) is 5.69 Å². The average Bonchev–Trinajstić information content (AvgIpc) is 3.32. The normalized spacial score (nSPS) is 14.4. The molecule has 1 saturated heterocycles. The molecule has 9 heteroatoms. The first-order valence-corrected chi connectivity index (χ1v) is 12.4. The maximum absolute atomic E-state index is 13.0.